The van der Waals surface area contributed by atoms with Crippen molar-refractivity contribution in [3.8, 4) is 11.3 Å². The van der Waals surface area contributed by atoms with Crippen molar-refractivity contribution >= 4 is 21.9 Å². The van der Waals surface area contributed by atoms with E-state index in [1.165, 1.54) is 88.5 Å². The largest absolute Gasteiger partial charge is 0.477 e. The van der Waals surface area contributed by atoms with Crippen molar-refractivity contribution < 1.29 is 28.2 Å². The summed E-state index contributed by atoms with van der Waals surface area (Å²) in [5, 5.41) is 22.4. The Kier molecular flexibility index (Phi) is 13.2. The molecule has 0 amide bonds. The molecule has 5 nitrogen and oxygen atoms in total. The molecular formula is C29H40BrF3N2O3. The quantitative estimate of drug-likeness (QED) is 0.191. The SMILES string of the molecule is CCCCCCCCCCNC[C@](C)(O)C1CC1.O=C(O)c1ccc(Br)c(-c2ccc(C(F)(F)F)cc2)n1. The highest BCUT2D eigenvalue weighted by Gasteiger charge is 2.39. The lowest BCUT2D eigenvalue weighted by Gasteiger charge is -2.23. The van der Waals surface area contributed by atoms with E-state index >= 15 is 0 Å². The summed E-state index contributed by atoms with van der Waals surface area (Å²) in [5.41, 5.74) is -0.735. The first-order valence-corrected chi connectivity index (χ1v) is 14.3. The van der Waals surface area contributed by atoms with Crippen molar-refractivity contribution in [2.75, 3.05) is 13.1 Å². The molecule has 1 heterocycles. The number of unbranched alkanes of at least 4 members (excludes halogenated alkanes) is 7. The summed E-state index contributed by atoms with van der Waals surface area (Å²) in [5.74, 6) is -0.644. The lowest BCUT2D eigenvalue weighted by atomic mass is 10.0. The van der Waals surface area contributed by atoms with Crippen LogP contribution in [0.4, 0.5) is 13.2 Å². The van der Waals surface area contributed by atoms with Gasteiger partial charge in [0.2, 0.25) is 0 Å². The minimum Gasteiger partial charge on any atom is -0.477 e. The Balaban J connectivity index is 0.000000269. The van der Waals surface area contributed by atoms with Crippen LogP contribution in [0.1, 0.15) is 94.1 Å². The standard InChI is InChI=1S/C16H33NO.C13H7BrF3NO2/c1-3-4-5-6-7-8-9-10-13-17-14-16(2,18)15-11-12-15;14-9-5-6-10(12(19)20)18-11(9)7-1-3-8(4-2-7)13(15,16)17/h15,17-18H,3-14H2,1-2H3;1-6H,(H,19,20)/t16-;/m0./s1. The number of benzene rings is 1. The number of nitrogens with zero attached hydrogens (tertiary/aromatic N) is 1. The molecule has 1 atom stereocenters. The number of carbonyl (C=O) groups is 1. The number of rotatable bonds is 14. The van der Waals surface area contributed by atoms with Gasteiger partial charge in [-0.2, -0.15) is 13.2 Å². The predicted octanol–water partition coefficient (Wildman–Crippen LogP) is 8.11. The first-order chi connectivity index (χ1) is 18.0. The van der Waals surface area contributed by atoms with Gasteiger partial charge in [0.15, 0.2) is 0 Å². The zero-order valence-electron chi connectivity index (χ0n) is 22.3. The lowest BCUT2D eigenvalue weighted by Crippen LogP contribution is -2.40. The molecule has 2 aromatic rings. The van der Waals surface area contributed by atoms with Crippen LogP contribution in [-0.4, -0.2) is 39.9 Å². The summed E-state index contributed by atoms with van der Waals surface area (Å²) in [7, 11) is 0. The summed E-state index contributed by atoms with van der Waals surface area (Å²) in [4.78, 5) is 14.8. The van der Waals surface area contributed by atoms with Gasteiger partial charge in [-0.25, -0.2) is 9.78 Å². The highest BCUT2D eigenvalue weighted by atomic mass is 79.9. The van der Waals surface area contributed by atoms with E-state index < -0.39 is 23.3 Å². The first kappa shape index (κ1) is 32.2. The van der Waals surface area contributed by atoms with Gasteiger partial charge in [-0.3, -0.25) is 0 Å². The van der Waals surface area contributed by atoms with Gasteiger partial charge >= 0.3 is 12.1 Å². The van der Waals surface area contributed by atoms with Gasteiger partial charge in [0.05, 0.1) is 16.9 Å². The summed E-state index contributed by atoms with van der Waals surface area (Å²) < 4.78 is 37.9. The Hall–Kier alpha value is -1.97. The van der Waals surface area contributed by atoms with Gasteiger partial charge < -0.3 is 15.5 Å². The Morgan fingerprint density at radius 1 is 1.00 bits per heavy atom. The molecule has 9 heteroatoms. The van der Waals surface area contributed by atoms with E-state index in [-0.39, 0.29) is 11.4 Å². The van der Waals surface area contributed by atoms with Crippen molar-refractivity contribution in [2.24, 2.45) is 5.92 Å². The number of carboxylic acids is 1. The van der Waals surface area contributed by atoms with E-state index in [1.807, 2.05) is 6.92 Å². The summed E-state index contributed by atoms with van der Waals surface area (Å²) >= 11 is 3.20. The van der Waals surface area contributed by atoms with Crippen LogP contribution in [-0.2, 0) is 6.18 Å². The fourth-order valence-electron chi connectivity index (χ4n) is 4.16. The van der Waals surface area contributed by atoms with Crippen LogP contribution >= 0.6 is 15.9 Å². The molecule has 3 rings (SSSR count). The van der Waals surface area contributed by atoms with Gasteiger partial charge in [-0.05, 0) is 78.8 Å². The number of aliphatic hydroxyl groups is 1. The summed E-state index contributed by atoms with van der Waals surface area (Å²) in [6.45, 7) is 6.08. The topological polar surface area (TPSA) is 82.5 Å². The molecule has 0 saturated heterocycles. The number of hydrogen-bond acceptors (Lipinski definition) is 4. The van der Waals surface area contributed by atoms with Gasteiger partial charge in [0.25, 0.3) is 0 Å². The van der Waals surface area contributed by atoms with E-state index in [9.17, 15) is 23.1 Å². The van der Waals surface area contributed by atoms with E-state index in [0.717, 1.165) is 25.2 Å². The Morgan fingerprint density at radius 2 is 1.58 bits per heavy atom. The van der Waals surface area contributed by atoms with Crippen LogP contribution in [0, 0.1) is 5.92 Å². The molecule has 3 N–H and O–H groups in total. The zero-order valence-corrected chi connectivity index (χ0v) is 23.9. The molecule has 1 aliphatic carbocycles. The molecule has 1 aliphatic rings. The van der Waals surface area contributed by atoms with Gasteiger partial charge in [0.1, 0.15) is 5.69 Å². The minimum absolute atomic E-state index is 0.178. The average molecular weight is 602 g/mol. The zero-order chi connectivity index (χ0) is 28.2. The third-order valence-corrected chi connectivity index (χ3v) is 7.34. The number of aromatic carboxylic acids is 1. The summed E-state index contributed by atoms with van der Waals surface area (Å²) in [6, 6.07) is 7.15. The number of carboxylic acid groups (broad SMARTS) is 1. The molecular weight excluding hydrogens is 561 g/mol. The summed E-state index contributed by atoms with van der Waals surface area (Å²) in [6.07, 6.45) is 8.97. The van der Waals surface area contributed by atoms with Crippen LogP contribution in [0.3, 0.4) is 0 Å². The molecule has 0 aliphatic heterocycles. The third-order valence-electron chi connectivity index (χ3n) is 6.70. The van der Waals surface area contributed by atoms with Crippen molar-refractivity contribution in [1.29, 1.82) is 0 Å². The monoisotopic (exact) mass is 600 g/mol. The van der Waals surface area contributed by atoms with Crippen LogP contribution in [0.15, 0.2) is 40.9 Å². The maximum atomic E-state index is 12.5. The van der Waals surface area contributed by atoms with E-state index in [4.69, 9.17) is 5.11 Å². The number of alkyl halides is 3. The van der Waals surface area contributed by atoms with Crippen molar-refractivity contribution in [2.45, 2.75) is 89.8 Å². The highest BCUT2D eigenvalue weighted by molar-refractivity contribution is 9.10. The van der Waals surface area contributed by atoms with E-state index in [2.05, 4.69) is 33.2 Å². The highest BCUT2D eigenvalue weighted by Crippen LogP contribution is 2.39. The molecule has 212 valence electrons. The molecule has 1 fully saturated rings. The average Bonchev–Trinajstić information content (AvgIpc) is 3.72. The van der Waals surface area contributed by atoms with Gasteiger partial charge in [-0.1, -0.05) is 64.0 Å². The van der Waals surface area contributed by atoms with Gasteiger partial charge in [0, 0.05) is 16.6 Å². The molecule has 0 bridgehead atoms. The minimum atomic E-state index is -4.41. The number of pyridine rings is 1. The number of nitrogens with one attached hydrogen (secondary N) is 1. The first-order valence-electron chi connectivity index (χ1n) is 13.5. The molecule has 38 heavy (non-hydrogen) atoms. The van der Waals surface area contributed by atoms with Gasteiger partial charge in [-0.15, -0.1) is 0 Å². The van der Waals surface area contributed by atoms with Crippen LogP contribution < -0.4 is 5.32 Å². The molecule has 0 spiro atoms. The van der Waals surface area contributed by atoms with Crippen LogP contribution in [0.2, 0.25) is 0 Å². The Labute approximate surface area is 232 Å². The number of halogens is 4. The maximum Gasteiger partial charge on any atom is 0.416 e. The second-order valence-electron chi connectivity index (χ2n) is 10.2. The second kappa shape index (κ2) is 15.6. The normalized spacial score (nSPS) is 14.9. The predicted molar refractivity (Wildman–Crippen MR) is 148 cm³/mol. The Bertz CT molecular complexity index is 994. The smallest absolute Gasteiger partial charge is 0.416 e. The third kappa shape index (κ3) is 11.4. The molecule has 1 saturated carbocycles. The molecule has 1 aromatic carbocycles. The fourth-order valence-corrected chi connectivity index (χ4v) is 4.61. The molecule has 0 unspecified atom stereocenters. The van der Waals surface area contributed by atoms with Crippen molar-refractivity contribution in [3.63, 3.8) is 0 Å². The lowest BCUT2D eigenvalue weighted by molar-refractivity contribution is -0.137. The van der Waals surface area contributed by atoms with Crippen molar-refractivity contribution in [3.05, 3.63) is 52.1 Å². The van der Waals surface area contributed by atoms with Crippen molar-refractivity contribution in [1.82, 2.24) is 10.3 Å². The molecule has 0 radical (unpaired) electrons. The van der Waals surface area contributed by atoms with Crippen LogP contribution in [0.5, 0.6) is 0 Å². The van der Waals surface area contributed by atoms with E-state index in [0.29, 0.717) is 16.0 Å². The number of hydrogen-bond donors (Lipinski definition) is 3. The maximum absolute atomic E-state index is 12.5. The fraction of sp³-hybridized carbons (Fsp3) is 0.586. The molecule has 1 aromatic heterocycles. The Morgan fingerprint density at radius 3 is 2.11 bits per heavy atom. The van der Waals surface area contributed by atoms with E-state index in [1.54, 1.807) is 0 Å². The van der Waals surface area contributed by atoms with Crippen LogP contribution in [0.25, 0.3) is 11.3 Å². The second-order valence-corrected chi connectivity index (χ2v) is 11.0. The number of aromatic nitrogens is 1.